The number of aliphatic carboxylic acids is 1. The summed E-state index contributed by atoms with van der Waals surface area (Å²) >= 11 is 1.84. The first-order chi connectivity index (χ1) is 8.13. The van der Waals surface area contributed by atoms with Crippen molar-refractivity contribution in [3.05, 3.63) is 0 Å². The maximum absolute atomic E-state index is 11.9. The van der Waals surface area contributed by atoms with Crippen LogP contribution in [0.1, 0.15) is 26.2 Å². The molecule has 5 nitrogen and oxygen atoms in total. The summed E-state index contributed by atoms with van der Waals surface area (Å²) in [7, 11) is 0. The maximum atomic E-state index is 11.9. The van der Waals surface area contributed by atoms with E-state index in [1.54, 1.807) is 4.90 Å². The summed E-state index contributed by atoms with van der Waals surface area (Å²) in [5.74, 6) is 1.06. The van der Waals surface area contributed by atoms with Crippen molar-refractivity contribution in [1.29, 1.82) is 0 Å². The number of hydrogen-bond acceptors (Lipinski definition) is 3. The molecule has 98 valence electrons. The topological polar surface area (TPSA) is 69.6 Å². The number of urea groups is 1. The molecule has 1 aliphatic rings. The van der Waals surface area contributed by atoms with Gasteiger partial charge in [-0.25, -0.2) is 4.79 Å². The van der Waals surface area contributed by atoms with Gasteiger partial charge in [0.05, 0.1) is 6.42 Å². The van der Waals surface area contributed by atoms with Gasteiger partial charge < -0.3 is 15.3 Å². The predicted octanol–water partition coefficient (Wildman–Crippen LogP) is 1.39. The minimum atomic E-state index is -0.863. The molecule has 0 aromatic carbocycles. The Bertz CT molecular complexity index is 267. The summed E-state index contributed by atoms with van der Waals surface area (Å²) in [6.07, 6.45) is 1.58. The number of amides is 2. The van der Waals surface area contributed by atoms with Crippen LogP contribution in [0.4, 0.5) is 4.79 Å². The molecule has 0 spiro atoms. The molecule has 1 rings (SSSR count). The van der Waals surface area contributed by atoms with Gasteiger partial charge in [-0.1, -0.05) is 13.3 Å². The molecule has 1 aliphatic heterocycles. The lowest BCUT2D eigenvalue weighted by atomic mass is 10.1. The van der Waals surface area contributed by atoms with Crippen molar-refractivity contribution < 1.29 is 14.7 Å². The Morgan fingerprint density at radius 2 is 2.06 bits per heavy atom. The zero-order chi connectivity index (χ0) is 12.7. The van der Waals surface area contributed by atoms with E-state index in [1.165, 1.54) is 0 Å². The zero-order valence-electron chi connectivity index (χ0n) is 10.1. The van der Waals surface area contributed by atoms with Crippen molar-refractivity contribution in [3.63, 3.8) is 0 Å². The zero-order valence-corrected chi connectivity index (χ0v) is 11.0. The van der Waals surface area contributed by atoms with E-state index >= 15 is 0 Å². The summed E-state index contributed by atoms with van der Waals surface area (Å²) < 4.78 is 0. The van der Waals surface area contributed by atoms with Gasteiger partial charge in [-0.3, -0.25) is 4.79 Å². The van der Waals surface area contributed by atoms with Crippen LogP contribution in [-0.2, 0) is 4.79 Å². The molecule has 1 heterocycles. The number of carboxylic acid groups (broad SMARTS) is 1. The van der Waals surface area contributed by atoms with Crippen LogP contribution >= 0.6 is 11.8 Å². The van der Waals surface area contributed by atoms with Crippen LogP contribution in [0.25, 0.3) is 0 Å². The molecule has 2 amide bonds. The van der Waals surface area contributed by atoms with Crippen LogP contribution in [-0.4, -0.2) is 52.6 Å². The van der Waals surface area contributed by atoms with E-state index in [2.05, 4.69) is 5.32 Å². The molecule has 0 aromatic heterocycles. The molecule has 17 heavy (non-hydrogen) atoms. The number of carbonyl (C=O) groups is 2. The molecule has 0 aliphatic carbocycles. The van der Waals surface area contributed by atoms with E-state index in [9.17, 15) is 9.59 Å². The lowest BCUT2D eigenvalue weighted by Gasteiger charge is -2.28. The molecule has 1 unspecified atom stereocenters. The first kappa shape index (κ1) is 14.2. The van der Waals surface area contributed by atoms with Gasteiger partial charge in [0, 0.05) is 30.6 Å². The van der Waals surface area contributed by atoms with E-state index in [1.807, 2.05) is 18.7 Å². The first-order valence-electron chi connectivity index (χ1n) is 5.98. The molecule has 0 aromatic rings. The molecule has 6 heteroatoms. The second kappa shape index (κ2) is 7.42. The average Bonchev–Trinajstić information content (AvgIpc) is 2.29. The third kappa shape index (κ3) is 5.30. The van der Waals surface area contributed by atoms with Crippen molar-refractivity contribution in [3.8, 4) is 0 Å². The van der Waals surface area contributed by atoms with Gasteiger partial charge in [0.15, 0.2) is 0 Å². The number of nitrogens with zero attached hydrogens (tertiary/aromatic N) is 1. The number of thioether (sulfide) groups is 1. The van der Waals surface area contributed by atoms with Crippen molar-refractivity contribution >= 4 is 23.8 Å². The van der Waals surface area contributed by atoms with Crippen LogP contribution in [0.15, 0.2) is 0 Å². The second-order valence-electron chi connectivity index (χ2n) is 4.13. The van der Waals surface area contributed by atoms with Gasteiger partial charge in [-0.05, 0) is 6.42 Å². The Morgan fingerprint density at radius 3 is 2.59 bits per heavy atom. The standard InChI is InChI=1S/C11H20N2O3S/c1-2-3-9(8-10(14)15)12-11(16)13-4-6-17-7-5-13/h9H,2-8H2,1H3,(H,12,16)(H,14,15). The van der Waals surface area contributed by atoms with Crippen LogP contribution in [0.3, 0.4) is 0 Å². The largest absolute Gasteiger partial charge is 0.481 e. The fraction of sp³-hybridized carbons (Fsp3) is 0.818. The Balaban J connectivity index is 2.41. The Morgan fingerprint density at radius 1 is 1.41 bits per heavy atom. The van der Waals surface area contributed by atoms with Crippen LogP contribution in [0.2, 0.25) is 0 Å². The molecule has 0 saturated carbocycles. The van der Waals surface area contributed by atoms with Crippen molar-refractivity contribution in [2.75, 3.05) is 24.6 Å². The number of carboxylic acids is 1. The van der Waals surface area contributed by atoms with Crippen molar-refractivity contribution in [2.45, 2.75) is 32.2 Å². The number of rotatable bonds is 5. The van der Waals surface area contributed by atoms with Crippen molar-refractivity contribution in [1.82, 2.24) is 10.2 Å². The van der Waals surface area contributed by atoms with E-state index < -0.39 is 5.97 Å². The smallest absolute Gasteiger partial charge is 0.317 e. The SMILES string of the molecule is CCCC(CC(=O)O)NC(=O)N1CCSCC1. The highest BCUT2D eigenvalue weighted by molar-refractivity contribution is 7.99. The van der Waals surface area contributed by atoms with E-state index in [0.717, 1.165) is 31.0 Å². The number of nitrogens with one attached hydrogen (secondary N) is 1. The van der Waals surface area contributed by atoms with Crippen LogP contribution in [0, 0.1) is 0 Å². The van der Waals surface area contributed by atoms with Crippen molar-refractivity contribution in [2.24, 2.45) is 0 Å². The van der Waals surface area contributed by atoms with E-state index in [0.29, 0.717) is 6.42 Å². The third-order valence-electron chi connectivity index (χ3n) is 2.68. The quantitative estimate of drug-likeness (QED) is 0.783. The fourth-order valence-corrected chi connectivity index (χ4v) is 2.72. The maximum Gasteiger partial charge on any atom is 0.317 e. The molecule has 1 atom stereocenters. The van der Waals surface area contributed by atoms with Gasteiger partial charge in [-0.15, -0.1) is 0 Å². The molecule has 0 radical (unpaired) electrons. The summed E-state index contributed by atoms with van der Waals surface area (Å²) in [6, 6.07) is -0.371. The van der Waals surface area contributed by atoms with E-state index in [4.69, 9.17) is 5.11 Å². The molecule has 2 N–H and O–H groups in total. The molecular weight excluding hydrogens is 240 g/mol. The number of hydrogen-bond donors (Lipinski definition) is 2. The summed E-state index contributed by atoms with van der Waals surface area (Å²) in [5, 5.41) is 11.6. The van der Waals surface area contributed by atoms with E-state index in [-0.39, 0.29) is 18.5 Å². The van der Waals surface area contributed by atoms with Gasteiger partial charge in [0.1, 0.15) is 0 Å². The molecule has 1 saturated heterocycles. The summed E-state index contributed by atoms with van der Waals surface area (Å²) in [6.45, 7) is 3.49. The van der Waals surface area contributed by atoms with Crippen LogP contribution < -0.4 is 5.32 Å². The third-order valence-corrected chi connectivity index (χ3v) is 3.63. The monoisotopic (exact) mass is 260 g/mol. The fourth-order valence-electron chi connectivity index (χ4n) is 1.82. The Kier molecular flexibility index (Phi) is 6.18. The first-order valence-corrected chi connectivity index (χ1v) is 7.14. The minimum Gasteiger partial charge on any atom is -0.481 e. The minimum absolute atomic E-state index is 0.00215. The average molecular weight is 260 g/mol. The number of carbonyl (C=O) groups excluding carboxylic acids is 1. The highest BCUT2D eigenvalue weighted by Gasteiger charge is 2.20. The second-order valence-corrected chi connectivity index (χ2v) is 5.36. The lowest BCUT2D eigenvalue weighted by molar-refractivity contribution is -0.137. The Hall–Kier alpha value is -0.910. The highest BCUT2D eigenvalue weighted by Crippen LogP contribution is 2.10. The summed E-state index contributed by atoms with van der Waals surface area (Å²) in [4.78, 5) is 24.3. The highest BCUT2D eigenvalue weighted by atomic mass is 32.2. The molecule has 0 bridgehead atoms. The predicted molar refractivity (Wildman–Crippen MR) is 68.4 cm³/mol. The van der Waals surface area contributed by atoms with Gasteiger partial charge in [-0.2, -0.15) is 11.8 Å². The Labute approximate surface area is 106 Å². The van der Waals surface area contributed by atoms with Crippen LogP contribution in [0.5, 0.6) is 0 Å². The van der Waals surface area contributed by atoms with Gasteiger partial charge in [0.2, 0.25) is 0 Å². The summed E-state index contributed by atoms with van der Waals surface area (Å²) in [5.41, 5.74) is 0. The lowest BCUT2D eigenvalue weighted by Crippen LogP contribution is -2.48. The molecule has 1 fully saturated rings. The van der Waals surface area contributed by atoms with Gasteiger partial charge in [0.25, 0.3) is 0 Å². The van der Waals surface area contributed by atoms with Gasteiger partial charge >= 0.3 is 12.0 Å². The normalized spacial score (nSPS) is 17.6. The molecular formula is C11H20N2O3S.